The van der Waals surface area contributed by atoms with E-state index in [1.165, 1.54) is 11.3 Å². The summed E-state index contributed by atoms with van der Waals surface area (Å²) in [4.78, 5) is 36.6. The lowest BCUT2D eigenvalue weighted by Gasteiger charge is -2.35. The van der Waals surface area contributed by atoms with Crippen LogP contribution in [0.3, 0.4) is 0 Å². The molecule has 9 heteroatoms. The van der Waals surface area contributed by atoms with Gasteiger partial charge in [0.15, 0.2) is 11.5 Å². The molecule has 32 heavy (non-hydrogen) atoms. The van der Waals surface area contributed by atoms with Crippen molar-refractivity contribution in [1.82, 2.24) is 19.7 Å². The number of carbonyl (C=O) groups excluding carboxylic acids is 2. The second-order valence-electron chi connectivity index (χ2n) is 7.64. The van der Waals surface area contributed by atoms with Crippen molar-refractivity contribution in [3.8, 4) is 22.1 Å². The summed E-state index contributed by atoms with van der Waals surface area (Å²) in [6, 6.07) is 5.63. The van der Waals surface area contributed by atoms with Gasteiger partial charge in [0.1, 0.15) is 9.88 Å². The van der Waals surface area contributed by atoms with E-state index in [2.05, 4.69) is 9.88 Å². The first-order chi connectivity index (χ1) is 15.4. The van der Waals surface area contributed by atoms with Crippen LogP contribution in [0.15, 0.2) is 18.2 Å². The number of ether oxygens (including phenoxy) is 2. The van der Waals surface area contributed by atoms with Crippen molar-refractivity contribution in [2.45, 2.75) is 20.8 Å². The fourth-order valence-electron chi connectivity index (χ4n) is 3.81. The summed E-state index contributed by atoms with van der Waals surface area (Å²) >= 11 is 1.40. The molecular formula is C23H32N4O4S. The minimum Gasteiger partial charge on any atom is -0.493 e. The van der Waals surface area contributed by atoms with Crippen molar-refractivity contribution in [2.24, 2.45) is 0 Å². The minimum absolute atomic E-state index is 0.00134. The van der Waals surface area contributed by atoms with Crippen LogP contribution in [-0.4, -0.2) is 91.5 Å². The quantitative estimate of drug-likeness (QED) is 0.603. The van der Waals surface area contributed by atoms with E-state index in [9.17, 15) is 9.59 Å². The van der Waals surface area contributed by atoms with Crippen molar-refractivity contribution in [1.29, 1.82) is 0 Å². The second kappa shape index (κ2) is 10.8. The maximum atomic E-state index is 13.2. The van der Waals surface area contributed by atoms with Crippen LogP contribution in [0.25, 0.3) is 10.6 Å². The molecule has 0 bridgehead atoms. The van der Waals surface area contributed by atoms with Crippen molar-refractivity contribution in [2.75, 3.05) is 60.0 Å². The molecule has 2 heterocycles. The molecule has 2 amide bonds. The Kier molecular flexibility index (Phi) is 8.09. The smallest absolute Gasteiger partial charge is 0.265 e. The average Bonchev–Trinajstić information content (AvgIpc) is 3.21. The minimum atomic E-state index is 0.00134. The summed E-state index contributed by atoms with van der Waals surface area (Å²) in [5, 5.41) is 0.773. The standard InChI is InChI=1S/C23H32N4O4S/c1-6-26(7-2)20(28)15-25-10-12-27(13-11-25)23(29)21-16(3)24-22(32-21)17-8-9-18(30-4)19(14-17)31-5/h8-9,14H,6-7,10-13,15H2,1-5H3. The normalized spacial score (nSPS) is 14.3. The van der Waals surface area contributed by atoms with Gasteiger partial charge in [0.25, 0.3) is 5.91 Å². The number of piperazine rings is 1. The van der Waals surface area contributed by atoms with Crippen LogP contribution >= 0.6 is 11.3 Å². The predicted octanol–water partition coefficient (Wildman–Crippen LogP) is 2.76. The Labute approximate surface area is 193 Å². The summed E-state index contributed by atoms with van der Waals surface area (Å²) in [6.45, 7) is 10.3. The molecule has 1 aliphatic rings. The van der Waals surface area contributed by atoms with Crippen LogP contribution in [0.4, 0.5) is 0 Å². The number of thiazole rings is 1. The van der Waals surface area contributed by atoms with Gasteiger partial charge in [-0.3, -0.25) is 14.5 Å². The first-order valence-corrected chi connectivity index (χ1v) is 11.7. The number of aromatic nitrogens is 1. The lowest BCUT2D eigenvalue weighted by atomic mass is 10.2. The van der Waals surface area contributed by atoms with Crippen LogP contribution < -0.4 is 9.47 Å². The van der Waals surface area contributed by atoms with Crippen molar-refractivity contribution >= 4 is 23.2 Å². The lowest BCUT2D eigenvalue weighted by molar-refractivity contribution is -0.132. The first-order valence-electron chi connectivity index (χ1n) is 10.9. The van der Waals surface area contributed by atoms with E-state index in [4.69, 9.17) is 9.47 Å². The third-order valence-corrected chi connectivity index (χ3v) is 6.95. The first kappa shape index (κ1) is 24.0. The summed E-state index contributed by atoms with van der Waals surface area (Å²) in [5.74, 6) is 1.42. The van der Waals surface area contributed by atoms with Crippen LogP contribution in [0.1, 0.15) is 29.2 Å². The summed E-state index contributed by atoms with van der Waals surface area (Å²) in [6.07, 6.45) is 0. The molecule has 8 nitrogen and oxygen atoms in total. The molecule has 1 aromatic carbocycles. The van der Waals surface area contributed by atoms with E-state index in [1.807, 2.05) is 48.8 Å². The Morgan fingerprint density at radius 3 is 2.31 bits per heavy atom. The fourth-order valence-corrected chi connectivity index (χ4v) is 4.84. The molecular weight excluding hydrogens is 428 g/mol. The highest BCUT2D eigenvalue weighted by Gasteiger charge is 2.27. The molecule has 1 aliphatic heterocycles. The molecule has 3 rings (SSSR count). The monoisotopic (exact) mass is 460 g/mol. The number of benzene rings is 1. The van der Waals surface area contributed by atoms with E-state index in [1.54, 1.807) is 14.2 Å². The third kappa shape index (κ3) is 5.21. The Morgan fingerprint density at radius 2 is 1.72 bits per heavy atom. The van der Waals surface area contributed by atoms with E-state index in [0.717, 1.165) is 29.4 Å². The zero-order valence-electron chi connectivity index (χ0n) is 19.5. The zero-order valence-corrected chi connectivity index (χ0v) is 20.3. The maximum Gasteiger partial charge on any atom is 0.265 e. The summed E-state index contributed by atoms with van der Waals surface area (Å²) in [5.41, 5.74) is 1.61. The SMILES string of the molecule is CCN(CC)C(=O)CN1CCN(C(=O)c2sc(-c3ccc(OC)c(OC)c3)nc2C)CC1. The highest BCUT2D eigenvalue weighted by Crippen LogP contribution is 2.35. The molecule has 1 fully saturated rings. The van der Waals surface area contributed by atoms with Crippen LogP contribution in [0.2, 0.25) is 0 Å². The van der Waals surface area contributed by atoms with Crippen LogP contribution in [0, 0.1) is 6.92 Å². The molecule has 0 spiro atoms. The molecule has 0 atom stereocenters. The Morgan fingerprint density at radius 1 is 1.06 bits per heavy atom. The van der Waals surface area contributed by atoms with E-state index in [-0.39, 0.29) is 11.8 Å². The number of likely N-dealkylation sites (N-methyl/N-ethyl adjacent to an activating group) is 1. The number of methoxy groups -OCH3 is 2. The van der Waals surface area contributed by atoms with Gasteiger partial charge in [-0.15, -0.1) is 11.3 Å². The molecule has 0 saturated carbocycles. The van der Waals surface area contributed by atoms with Crippen molar-refractivity contribution in [3.05, 3.63) is 28.8 Å². The van der Waals surface area contributed by atoms with Gasteiger partial charge in [-0.25, -0.2) is 4.98 Å². The summed E-state index contributed by atoms with van der Waals surface area (Å²) < 4.78 is 10.7. The number of hydrogen-bond donors (Lipinski definition) is 0. The van der Waals surface area contributed by atoms with E-state index >= 15 is 0 Å². The Bertz CT molecular complexity index is 949. The number of nitrogens with zero attached hydrogens (tertiary/aromatic N) is 4. The fraction of sp³-hybridized carbons (Fsp3) is 0.522. The molecule has 0 radical (unpaired) electrons. The highest BCUT2D eigenvalue weighted by atomic mass is 32.1. The zero-order chi connectivity index (χ0) is 23.3. The second-order valence-corrected chi connectivity index (χ2v) is 8.64. The highest BCUT2D eigenvalue weighted by molar-refractivity contribution is 7.17. The Hall–Kier alpha value is -2.65. The number of amides is 2. The van der Waals surface area contributed by atoms with Gasteiger partial charge in [-0.05, 0) is 39.0 Å². The molecule has 0 unspecified atom stereocenters. The third-order valence-electron chi connectivity index (χ3n) is 5.76. The van der Waals surface area contributed by atoms with Crippen LogP contribution in [-0.2, 0) is 4.79 Å². The molecule has 0 N–H and O–H groups in total. The van der Waals surface area contributed by atoms with Crippen molar-refractivity contribution < 1.29 is 19.1 Å². The number of rotatable bonds is 8. The van der Waals surface area contributed by atoms with Gasteiger partial charge in [0, 0.05) is 44.8 Å². The molecule has 174 valence electrons. The van der Waals surface area contributed by atoms with Gasteiger partial charge in [-0.1, -0.05) is 0 Å². The van der Waals surface area contributed by atoms with Crippen molar-refractivity contribution in [3.63, 3.8) is 0 Å². The van der Waals surface area contributed by atoms with E-state index < -0.39 is 0 Å². The number of carbonyl (C=O) groups is 2. The topological polar surface area (TPSA) is 75.2 Å². The van der Waals surface area contributed by atoms with E-state index in [0.29, 0.717) is 49.1 Å². The average molecular weight is 461 g/mol. The van der Waals surface area contributed by atoms with Crippen LogP contribution in [0.5, 0.6) is 11.5 Å². The number of aryl methyl sites for hydroxylation is 1. The molecule has 1 aromatic heterocycles. The van der Waals surface area contributed by atoms with Gasteiger partial charge < -0.3 is 19.3 Å². The van der Waals surface area contributed by atoms with Gasteiger partial charge in [0.2, 0.25) is 5.91 Å². The number of hydrogen-bond acceptors (Lipinski definition) is 7. The largest absolute Gasteiger partial charge is 0.493 e. The maximum absolute atomic E-state index is 13.2. The predicted molar refractivity (Wildman–Crippen MR) is 126 cm³/mol. The Balaban J connectivity index is 1.66. The summed E-state index contributed by atoms with van der Waals surface area (Å²) in [7, 11) is 3.19. The van der Waals surface area contributed by atoms with Gasteiger partial charge in [0.05, 0.1) is 26.5 Å². The molecule has 2 aromatic rings. The van der Waals surface area contributed by atoms with Gasteiger partial charge >= 0.3 is 0 Å². The molecule has 0 aliphatic carbocycles. The van der Waals surface area contributed by atoms with Gasteiger partial charge in [-0.2, -0.15) is 0 Å². The molecule has 1 saturated heterocycles. The lowest BCUT2D eigenvalue weighted by Crippen LogP contribution is -2.51.